The molecule has 0 unspecified atom stereocenters. The Morgan fingerprint density at radius 2 is 1.17 bits per heavy atom. The van der Waals surface area contributed by atoms with Crippen molar-refractivity contribution in [2.24, 2.45) is 0 Å². The van der Waals surface area contributed by atoms with E-state index in [-0.39, 0.29) is 11.8 Å². The van der Waals surface area contributed by atoms with Gasteiger partial charge in [-0.15, -0.1) is 0 Å². The molecule has 2 heteroatoms. The van der Waals surface area contributed by atoms with E-state index in [0.29, 0.717) is 0 Å². The lowest BCUT2D eigenvalue weighted by Gasteiger charge is -2.43. The molecule has 0 saturated carbocycles. The standard InChI is InChI=1S/C33H20N2/c34-18-21-17-28-32(26-16-20(14-15-27(26)35-28)19-8-2-1-3-9-19)33-29(21)30-22-10-4-6-12-24(22)31(33)25-13-7-5-11-23(25)30/h1-17,30-31,35H. The molecule has 1 heterocycles. The quantitative estimate of drug-likeness (QED) is 0.275. The molecule has 1 aromatic heterocycles. The molecule has 0 spiro atoms. The van der Waals surface area contributed by atoms with Crippen molar-refractivity contribution < 1.29 is 0 Å². The molecule has 0 aliphatic heterocycles. The van der Waals surface area contributed by atoms with Crippen LogP contribution in [0.25, 0.3) is 32.9 Å². The lowest BCUT2D eigenvalue weighted by molar-refractivity contribution is 0.759. The fourth-order valence-corrected chi connectivity index (χ4v) is 6.66. The predicted octanol–water partition coefficient (Wildman–Crippen LogP) is 7.85. The lowest BCUT2D eigenvalue weighted by Crippen LogP contribution is -2.28. The molecule has 0 atom stereocenters. The van der Waals surface area contributed by atoms with Crippen molar-refractivity contribution in [2.45, 2.75) is 11.8 Å². The highest BCUT2D eigenvalue weighted by molar-refractivity contribution is 6.12. The summed E-state index contributed by atoms with van der Waals surface area (Å²) in [4.78, 5) is 3.64. The summed E-state index contributed by atoms with van der Waals surface area (Å²) < 4.78 is 0. The number of fused-ring (bicyclic) bond motifs is 3. The predicted molar refractivity (Wildman–Crippen MR) is 141 cm³/mol. The number of nitrogens with zero attached hydrogens (tertiary/aromatic N) is 1. The Morgan fingerprint density at radius 1 is 0.571 bits per heavy atom. The Hall–Kier alpha value is -4.61. The second kappa shape index (κ2) is 6.72. The fourth-order valence-electron chi connectivity index (χ4n) is 6.66. The molecule has 9 rings (SSSR count). The first-order chi connectivity index (χ1) is 17.3. The molecule has 2 bridgehead atoms. The summed E-state index contributed by atoms with van der Waals surface area (Å²) in [6.45, 7) is 0. The molecular formula is C33H20N2. The van der Waals surface area contributed by atoms with E-state index < -0.39 is 0 Å². The summed E-state index contributed by atoms with van der Waals surface area (Å²) in [5.74, 6) is 0.210. The topological polar surface area (TPSA) is 39.6 Å². The van der Waals surface area contributed by atoms with E-state index in [9.17, 15) is 5.26 Å². The van der Waals surface area contributed by atoms with Crippen LogP contribution in [0.15, 0.2) is 103 Å². The number of hydrogen-bond donors (Lipinski definition) is 1. The van der Waals surface area contributed by atoms with Crippen LogP contribution in [-0.2, 0) is 0 Å². The number of nitrogens with one attached hydrogen (secondary N) is 1. The molecule has 0 fully saturated rings. The molecule has 3 aliphatic rings. The first-order valence-electron chi connectivity index (χ1n) is 12.1. The molecule has 5 aromatic carbocycles. The van der Waals surface area contributed by atoms with E-state index in [1.54, 1.807) is 0 Å². The zero-order chi connectivity index (χ0) is 23.1. The number of aromatic nitrogens is 1. The second-order valence-corrected chi connectivity index (χ2v) is 9.66. The van der Waals surface area contributed by atoms with E-state index in [4.69, 9.17) is 0 Å². The Balaban J connectivity index is 1.53. The maximum absolute atomic E-state index is 10.3. The minimum Gasteiger partial charge on any atom is -0.354 e. The molecule has 162 valence electrons. The van der Waals surface area contributed by atoms with Gasteiger partial charge in [0, 0.05) is 33.6 Å². The third kappa shape index (κ3) is 2.37. The van der Waals surface area contributed by atoms with Crippen molar-refractivity contribution in [2.75, 3.05) is 0 Å². The Bertz CT molecular complexity index is 1820. The SMILES string of the molecule is N#Cc1cc2[nH]c3ccc(-c4ccccc4)cc3c2c2c1C1c3ccccc3C2c2ccccc21. The highest BCUT2D eigenvalue weighted by Gasteiger charge is 2.43. The van der Waals surface area contributed by atoms with Crippen LogP contribution >= 0.6 is 0 Å². The van der Waals surface area contributed by atoms with Crippen molar-refractivity contribution in [1.29, 1.82) is 5.26 Å². The molecular weight excluding hydrogens is 424 g/mol. The highest BCUT2D eigenvalue weighted by Crippen LogP contribution is 2.58. The number of hydrogen-bond acceptors (Lipinski definition) is 1. The van der Waals surface area contributed by atoms with Crippen molar-refractivity contribution in [3.8, 4) is 17.2 Å². The van der Waals surface area contributed by atoms with Gasteiger partial charge in [0.1, 0.15) is 0 Å². The minimum atomic E-state index is 0.0868. The van der Waals surface area contributed by atoms with E-state index in [2.05, 4.69) is 114 Å². The van der Waals surface area contributed by atoms with Gasteiger partial charge >= 0.3 is 0 Å². The van der Waals surface area contributed by atoms with E-state index >= 15 is 0 Å². The largest absolute Gasteiger partial charge is 0.354 e. The maximum atomic E-state index is 10.3. The van der Waals surface area contributed by atoms with Gasteiger partial charge in [0.2, 0.25) is 0 Å². The molecule has 35 heavy (non-hydrogen) atoms. The minimum absolute atomic E-state index is 0.0868. The van der Waals surface area contributed by atoms with Crippen molar-refractivity contribution in [3.05, 3.63) is 142 Å². The summed E-state index contributed by atoms with van der Waals surface area (Å²) in [6, 6.07) is 39.5. The van der Waals surface area contributed by atoms with Gasteiger partial charge in [-0.25, -0.2) is 0 Å². The summed E-state index contributed by atoms with van der Waals surface area (Å²) in [5, 5.41) is 12.8. The Kier molecular flexibility index (Phi) is 3.60. The summed E-state index contributed by atoms with van der Waals surface area (Å²) in [5.41, 5.74) is 13.3. The van der Waals surface area contributed by atoms with Gasteiger partial charge in [-0.3, -0.25) is 0 Å². The zero-order valence-electron chi connectivity index (χ0n) is 18.9. The maximum Gasteiger partial charge on any atom is 0.0995 e. The third-order valence-electron chi connectivity index (χ3n) is 8.01. The Labute approximate surface area is 203 Å². The van der Waals surface area contributed by atoms with Crippen LogP contribution in [0.5, 0.6) is 0 Å². The molecule has 0 saturated heterocycles. The number of aromatic amines is 1. The normalized spacial score (nSPS) is 17.1. The third-order valence-corrected chi connectivity index (χ3v) is 8.01. The van der Waals surface area contributed by atoms with Gasteiger partial charge in [0.15, 0.2) is 0 Å². The molecule has 0 radical (unpaired) electrons. The summed E-state index contributed by atoms with van der Waals surface area (Å²) in [7, 11) is 0. The lowest BCUT2D eigenvalue weighted by atomic mass is 9.59. The number of H-pyrrole nitrogens is 1. The van der Waals surface area contributed by atoms with Gasteiger partial charge in [0.25, 0.3) is 0 Å². The van der Waals surface area contributed by atoms with Crippen LogP contribution < -0.4 is 0 Å². The highest BCUT2D eigenvalue weighted by atomic mass is 14.7. The van der Waals surface area contributed by atoms with Crippen LogP contribution in [0.1, 0.15) is 50.8 Å². The molecule has 2 nitrogen and oxygen atoms in total. The van der Waals surface area contributed by atoms with E-state index in [0.717, 1.165) is 16.6 Å². The van der Waals surface area contributed by atoms with Crippen LogP contribution in [0.3, 0.4) is 0 Å². The van der Waals surface area contributed by atoms with Gasteiger partial charge in [-0.1, -0.05) is 84.9 Å². The average Bonchev–Trinajstić information content (AvgIpc) is 3.30. The number of rotatable bonds is 1. The van der Waals surface area contributed by atoms with Crippen molar-refractivity contribution in [1.82, 2.24) is 4.98 Å². The molecule has 6 aromatic rings. The van der Waals surface area contributed by atoms with Crippen LogP contribution in [0.4, 0.5) is 0 Å². The first-order valence-corrected chi connectivity index (χ1v) is 12.1. The fraction of sp³-hybridized carbons (Fsp3) is 0.0606. The molecule has 1 N–H and O–H groups in total. The van der Waals surface area contributed by atoms with Gasteiger partial charge in [-0.2, -0.15) is 5.26 Å². The van der Waals surface area contributed by atoms with Crippen molar-refractivity contribution in [3.63, 3.8) is 0 Å². The van der Waals surface area contributed by atoms with Gasteiger partial charge < -0.3 is 4.98 Å². The number of nitriles is 1. The molecule has 3 aliphatic carbocycles. The van der Waals surface area contributed by atoms with E-state index in [1.165, 1.54) is 55.3 Å². The van der Waals surface area contributed by atoms with Crippen LogP contribution in [-0.4, -0.2) is 4.98 Å². The van der Waals surface area contributed by atoms with E-state index in [1.807, 2.05) is 0 Å². The first kappa shape index (κ1) is 18.8. The van der Waals surface area contributed by atoms with Crippen LogP contribution in [0, 0.1) is 11.3 Å². The second-order valence-electron chi connectivity index (χ2n) is 9.66. The number of benzene rings is 5. The van der Waals surface area contributed by atoms with Gasteiger partial charge in [0.05, 0.1) is 11.6 Å². The summed E-state index contributed by atoms with van der Waals surface area (Å²) >= 11 is 0. The summed E-state index contributed by atoms with van der Waals surface area (Å²) in [6.07, 6.45) is 0. The van der Waals surface area contributed by atoms with Crippen LogP contribution in [0.2, 0.25) is 0 Å². The Morgan fingerprint density at radius 3 is 1.80 bits per heavy atom. The molecule has 0 amide bonds. The smallest absolute Gasteiger partial charge is 0.0995 e. The van der Waals surface area contributed by atoms with Crippen molar-refractivity contribution >= 4 is 21.8 Å². The van der Waals surface area contributed by atoms with Gasteiger partial charge in [-0.05, 0) is 62.7 Å². The zero-order valence-corrected chi connectivity index (χ0v) is 18.9. The monoisotopic (exact) mass is 444 g/mol. The average molecular weight is 445 g/mol.